The van der Waals surface area contributed by atoms with Gasteiger partial charge in [0.1, 0.15) is 10.4 Å². The third-order valence-electron chi connectivity index (χ3n) is 3.24. The number of carboxylic acids is 1. The van der Waals surface area contributed by atoms with Crippen LogP contribution in [0.4, 0.5) is 0 Å². The molecule has 2 N–H and O–H groups in total. The molecule has 1 aromatic rings. The number of amides is 2. The van der Waals surface area contributed by atoms with Crippen molar-refractivity contribution >= 4 is 64.8 Å². The molecule has 9 heteroatoms. The Morgan fingerprint density at radius 1 is 1.42 bits per heavy atom. The van der Waals surface area contributed by atoms with Gasteiger partial charge in [0, 0.05) is 18.4 Å². The van der Waals surface area contributed by atoms with E-state index >= 15 is 0 Å². The van der Waals surface area contributed by atoms with E-state index in [9.17, 15) is 14.4 Å². The summed E-state index contributed by atoms with van der Waals surface area (Å²) in [6.45, 7) is 0. The van der Waals surface area contributed by atoms with Crippen molar-refractivity contribution in [1.82, 2.24) is 10.2 Å². The Kier molecular flexibility index (Phi) is 6.03. The highest BCUT2D eigenvalue weighted by Crippen LogP contribution is 2.31. The minimum atomic E-state index is -1.14. The first-order valence-electron chi connectivity index (χ1n) is 6.79. The van der Waals surface area contributed by atoms with Crippen LogP contribution in [0.25, 0.3) is 6.08 Å². The second-order valence-corrected chi connectivity index (χ2v) is 6.95. The number of thiocarbonyl (C=S) groups is 1. The molecule has 0 saturated carbocycles. The number of nitrogens with one attached hydrogen (secondary N) is 1. The molecule has 2 amide bonds. The fourth-order valence-corrected chi connectivity index (χ4v) is 3.28. The molecule has 1 saturated heterocycles. The summed E-state index contributed by atoms with van der Waals surface area (Å²) in [7, 11) is 1.62. The van der Waals surface area contributed by atoms with Gasteiger partial charge in [0.05, 0.1) is 4.91 Å². The number of thioether (sulfide) groups is 1. The third-order valence-corrected chi connectivity index (χ3v) is 5.09. The lowest BCUT2D eigenvalue weighted by Gasteiger charge is -2.11. The van der Waals surface area contributed by atoms with E-state index in [1.807, 2.05) is 0 Å². The van der Waals surface area contributed by atoms with Gasteiger partial charge in [-0.05, 0) is 23.8 Å². The number of carbonyl (C=O) groups is 3. The van der Waals surface area contributed by atoms with Gasteiger partial charge < -0.3 is 10.4 Å². The fraction of sp³-hybridized carbons (Fsp3) is 0.200. The van der Waals surface area contributed by atoms with Gasteiger partial charge in [0.2, 0.25) is 0 Å². The van der Waals surface area contributed by atoms with Crippen molar-refractivity contribution in [3.05, 3.63) is 40.3 Å². The summed E-state index contributed by atoms with van der Waals surface area (Å²) < 4.78 is 0.494. The van der Waals surface area contributed by atoms with E-state index < -0.39 is 17.9 Å². The smallest absolute Gasteiger partial charge is 0.327 e. The molecule has 0 aromatic heterocycles. The van der Waals surface area contributed by atoms with Crippen molar-refractivity contribution < 1.29 is 19.5 Å². The summed E-state index contributed by atoms with van der Waals surface area (Å²) in [5.74, 6) is -1.80. The minimum Gasteiger partial charge on any atom is -0.480 e. The standard InChI is InChI=1S/C15H14N2O4S3/c1-17-13(19)11(24-15(17)23)6-8-2-4-9(5-3-8)12(18)16-10(7-22)14(20)21/h2-6,10,22H,7H2,1H3,(H,16,18)(H,20,21)/b11-6+/t10-/m1/s1. The summed E-state index contributed by atoms with van der Waals surface area (Å²) >= 11 is 10.2. The number of carbonyl (C=O) groups excluding carboxylic acids is 2. The van der Waals surface area contributed by atoms with Crippen LogP contribution in [-0.4, -0.2) is 51.0 Å². The maximum Gasteiger partial charge on any atom is 0.327 e. The van der Waals surface area contributed by atoms with Crippen LogP contribution in [0.2, 0.25) is 0 Å². The number of carboxylic acid groups (broad SMARTS) is 1. The predicted molar refractivity (Wildman–Crippen MR) is 100 cm³/mol. The fourth-order valence-electron chi connectivity index (χ4n) is 1.85. The molecule has 0 spiro atoms. The lowest BCUT2D eigenvalue weighted by molar-refractivity contribution is -0.138. The molecule has 1 aliphatic rings. The second kappa shape index (κ2) is 7.82. The van der Waals surface area contributed by atoms with Gasteiger partial charge in [-0.3, -0.25) is 14.5 Å². The van der Waals surface area contributed by atoms with Crippen LogP contribution in [0.5, 0.6) is 0 Å². The number of nitrogens with zero attached hydrogens (tertiary/aromatic N) is 1. The number of hydrogen-bond donors (Lipinski definition) is 3. The van der Waals surface area contributed by atoms with Gasteiger partial charge in [0.15, 0.2) is 0 Å². The zero-order chi connectivity index (χ0) is 17.9. The Balaban J connectivity index is 2.11. The van der Waals surface area contributed by atoms with Crippen molar-refractivity contribution in [2.24, 2.45) is 0 Å². The van der Waals surface area contributed by atoms with E-state index in [2.05, 4.69) is 17.9 Å². The maximum absolute atomic E-state index is 12.0. The van der Waals surface area contributed by atoms with E-state index in [1.165, 1.54) is 16.7 Å². The number of rotatable bonds is 5. The summed E-state index contributed by atoms with van der Waals surface area (Å²) in [5, 5.41) is 11.3. The van der Waals surface area contributed by atoms with Crippen molar-refractivity contribution in [3.8, 4) is 0 Å². The lowest BCUT2D eigenvalue weighted by Crippen LogP contribution is -2.42. The Labute approximate surface area is 153 Å². The summed E-state index contributed by atoms with van der Waals surface area (Å²) in [4.78, 5) is 36.8. The Morgan fingerprint density at radius 2 is 2.04 bits per heavy atom. The third kappa shape index (κ3) is 4.16. The number of hydrogen-bond acceptors (Lipinski definition) is 6. The molecule has 0 bridgehead atoms. The summed E-state index contributed by atoms with van der Waals surface area (Å²) in [6, 6.07) is 5.42. The van der Waals surface area contributed by atoms with Crippen molar-refractivity contribution in [1.29, 1.82) is 0 Å². The monoisotopic (exact) mass is 382 g/mol. The highest BCUT2D eigenvalue weighted by Gasteiger charge is 2.28. The molecular formula is C15H14N2O4S3. The molecule has 126 valence electrons. The molecule has 1 atom stereocenters. The van der Waals surface area contributed by atoms with E-state index in [0.717, 1.165) is 5.56 Å². The molecule has 0 unspecified atom stereocenters. The topological polar surface area (TPSA) is 86.7 Å². The van der Waals surface area contributed by atoms with Crippen LogP contribution >= 0.6 is 36.6 Å². The second-order valence-electron chi connectivity index (χ2n) is 4.91. The van der Waals surface area contributed by atoms with Crippen LogP contribution in [0.15, 0.2) is 29.2 Å². The predicted octanol–water partition coefficient (Wildman–Crippen LogP) is 1.63. The van der Waals surface area contributed by atoms with E-state index in [4.69, 9.17) is 17.3 Å². The highest BCUT2D eigenvalue weighted by atomic mass is 32.2. The van der Waals surface area contributed by atoms with Gasteiger partial charge in [-0.15, -0.1) is 0 Å². The molecule has 0 aliphatic carbocycles. The quantitative estimate of drug-likeness (QED) is 0.408. The van der Waals surface area contributed by atoms with Crippen LogP contribution < -0.4 is 5.32 Å². The minimum absolute atomic E-state index is 0.00197. The van der Waals surface area contributed by atoms with E-state index in [0.29, 0.717) is 14.8 Å². The maximum atomic E-state index is 12.0. The summed E-state index contributed by atoms with van der Waals surface area (Å²) in [6.07, 6.45) is 1.69. The average molecular weight is 382 g/mol. The average Bonchev–Trinajstić information content (AvgIpc) is 2.79. The van der Waals surface area contributed by atoms with Crippen molar-refractivity contribution in [2.45, 2.75) is 6.04 Å². The number of thiol groups is 1. The SMILES string of the molecule is CN1C(=O)/C(=C\c2ccc(C(=O)N[C@H](CS)C(=O)O)cc2)SC1=S. The molecule has 1 heterocycles. The van der Waals surface area contributed by atoms with Gasteiger partial charge in [-0.25, -0.2) is 4.79 Å². The van der Waals surface area contributed by atoms with Gasteiger partial charge >= 0.3 is 5.97 Å². The van der Waals surface area contributed by atoms with Gasteiger partial charge in [-0.1, -0.05) is 36.1 Å². The molecule has 6 nitrogen and oxygen atoms in total. The Hall–Kier alpha value is -1.84. The Morgan fingerprint density at radius 3 is 2.50 bits per heavy atom. The summed E-state index contributed by atoms with van der Waals surface area (Å²) in [5.41, 5.74) is 1.06. The highest BCUT2D eigenvalue weighted by molar-refractivity contribution is 8.26. The number of likely N-dealkylation sites (N-methyl/N-ethyl adjacent to an activating group) is 1. The molecule has 2 rings (SSSR count). The van der Waals surface area contributed by atoms with Gasteiger partial charge in [0.25, 0.3) is 11.8 Å². The van der Waals surface area contributed by atoms with Crippen LogP contribution in [-0.2, 0) is 9.59 Å². The lowest BCUT2D eigenvalue weighted by atomic mass is 10.1. The van der Waals surface area contributed by atoms with E-state index in [-0.39, 0.29) is 11.7 Å². The van der Waals surface area contributed by atoms with E-state index in [1.54, 1.807) is 37.4 Å². The first kappa shape index (κ1) is 18.5. The van der Waals surface area contributed by atoms with Crippen LogP contribution in [0.3, 0.4) is 0 Å². The van der Waals surface area contributed by atoms with Crippen LogP contribution in [0, 0.1) is 0 Å². The molecule has 1 fully saturated rings. The zero-order valence-corrected chi connectivity index (χ0v) is 15.1. The molecule has 24 heavy (non-hydrogen) atoms. The van der Waals surface area contributed by atoms with Crippen LogP contribution in [0.1, 0.15) is 15.9 Å². The zero-order valence-electron chi connectivity index (χ0n) is 12.6. The first-order valence-corrected chi connectivity index (χ1v) is 8.65. The van der Waals surface area contributed by atoms with Crippen molar-refractivity contribution in [2.75, 3.05) is 12.8 Å². The molecule has 1 aliphatic heterocycles. The largest absolute Gasteiger partial charge is 0.480 e. The normalized spacial score (nSPS) is 17.2. The first-order chi connectivity index (χ1) is 11.3. The van der Waals surface area contributed by atoms with Crippen molar-refractivity contribution in [3.63, 3.8) is 0 Å². The molecule has 1 aromatic carbocycles. The Bertz CT molecular complexity index is 731. The molecular weight excluding hydrogens is 368 g/mol. The number of aliphatic carboxylic acids is 1. The molecule has 0 radical (unpaired) electrons. The van der Waals surface area contributed by atoms with Gasteiger partial charge in [-0.2, -0.15) is 12.6 Å². The number of benzene rings is 1.